The molecule has 0 spiro atoms. The van der Waals surface area contributed by atoms with E-state index in [4.69, 9.17) is 0 Å². The topological polar surface area (TPSA) is 29.0 Å². The van der Waals surface area contributed by atoms with Crippen molar-refractivity contribution in [3.63, 3.8) is 0 Å². The van der Waals surface area contributed by atoms with Gasteiger partial charge >= 0.3 is 0 Å². The summed E-state index contributed by atoms with van der Waals surface area (Å²) >= 11 is 1.74. The SMILES string of the molecule is Cc1cc2c(N3CCc4ccccc4C3)ncnc2s1. The molecular weight excluding hydrogens is 266 g/mol. The number of thiophene rings is 1. The Morgan fingerprint density at radius 1 is 1.15 bits per heavy atom. The summed E-state index contributed by atoms with van der Waals surface area (Å²) in [6.07, 6.45) is 2.78. The third-order valence-electron chi connectivity index (χ3n) is 3.86. The molecule has 0 atom stereocenters. The standard InChI is InChI=1S/C16H15N3S/c1-11-8-14-15(17-10-18-16(14)20-11)19-7-6-12-4-2-3-5-13(12)9-19/h2-5,8,10H,6-7,9H2,1H3. The average Bonchev–Trinajstić information content (AvgIpc) is 2.86. The summed E-state index contributed by atoms with van der Waals surface area (Å²) in [6.45, 7) is 4.09. The van der Waals surface area contributed by atoms with E-state index >= 15 is 0 Å². The zero-order valence-corrected chi connectivity index (χ0v) is 12.2. The van der Waals surface area contributed by atoms with Crippen LogP contribution in [0.2, 0.25) is 0 Å². The highest BCUT2D eigenvalue weighted by atomic mass is 32.1. The van der Waals surface area contributed by atoms with Crippen molar-refractivity contribution in [3.8, 4) is 0 Å². The van der Waals surface area contributed by atoms with Gasteiger partial charge in [0.25, 0.3) is 0 Å². The van der Waals surface area contributed by atoms with Gasteiger partial charge in [-0.3, -0.25) is 0 Å². The maximum absolute atomic E-state index is 4.54. The first kappa shape index (κ1) is 11.9. The molecule has 0 radical (unpaired) electrons. The van der Waals surface area contributed by atoms with E-state index in [1.54, 1.807) is 17.7 Å². The van der Waals surface area contributed by atoms with Gasteiger partial charge in [0.05, 0.1) is 5.39 Å². The molecule has 0 fully saturated rings. The summed E-state index contributed by atoms with van der Waals surface area (Å²) in [5.41, 5.74) is 2.88. The second-order valence-corrected chi connectivity index (χ2v) is 6.45. The molecular formula is C16H15N3S. The van der Waals surface area contributed by atoms with E-state index in [1.165, 1.54) is 21.4 Å². The van der Waals surface area contributed by atoms with Crippen molar-refractivity contribution < 1.29 is 0 Å². The molecule has 0 unspecified atom stereocenters. The lowest BCUT2D eigenvalue weighted by Gasteiger charge is -2.30. The zero-order chi connectivity index (χ0) is 13.5. The number of fused-ring (bicyclic) bond motifs is 2. The van der Waals surface area contributed by atoms with Crippen LogP contribution in [0.3, 0.4) is 0 Å². The number of hydrogen-bond acceptors (Lipinski definition) is 4. The molecule has 100 valence electrons. The molecule has 0 saturated heterocycles. The van der Waals surface area contributed by atoms with E-state index < -0.39 is 0 Å². The number of benzene rings is 1. The van der Waals surface area contributed by atoms with Crippen LogP contribution in [0, 0.1) is 6.92 Å². The average molecular weight is 281 g/mol. The van der Waals surface area contributed by atoms with Crippen molar-refractivity contribution in [2.45, 2.75) is 19.9 Å². The van der Waals surface area contributed by atoms with Crippen LogP contribution < -0.4 is 4.90 Å². The largest absolute Gasteiger partial charge is 0.351 e. The molecule has 20 heavy (non-hydrogen) atoms. The van der Waals surface area contributed by atoms with Crippen molar-refractivity contribution in [3.05, 3.63) is 52.7 Å². The third kappa shape index (κ3) is 1.88. The predicted octanol–water partition coefficient (Wildman–Crippen LogP) is 3.56. The molecule has 2 aromatic heterocycles. The first-order valence-electron chi connectivity index (χ1n) is 6.84. The second kappa shape index (κ2) is 4.56. The molecule has 3 aromatic rings. The summed E-state index contributed by atoms with van der Waals surface area (Å²) in [6, 6.07) is 10.9. The zero-order valence-electron chi connectivity index (χ0n) is 11.3. The van der Waals surface area contributed by atoms with Crippen LogP contribution in [0.5, 0.6) is 0 Å². The minimum absolute atomic E-state index is 0.942. The van der Waals surface area contributed by atoms with Crippen LogP contribution in [0.15, 0.2) is 36.7 Å². The van der Waals surface area contributed by atoms with E-state index in [2.05, 4.69) is 52.1 Å². The maximum atomic E-state index is 4.54. The van der Waals surface area contributed by atoms with Crippen LogP contribution in [-0.4, -0.2) is 16.5 Å². The Kier molecular flexibility index (Phi) is 2.70. The minimum Gasteiger partial charge on any atom is -0.351 e. The first-order chi connectivity index (χ1) is 9.81. The normalized spacial score (nSPS) is 14.6. The minimum atomic E-state index is 0.942. The van der Waals surface area contributed by atoms with E-state index in [-0.39, 0.29) is 0 Å². The quantitative estimate of drug-likeness (QED) is 0.683. The third-order valence-corrected chi connectivity index (χ3v) is 4.82. The van der Waals surface area contributed by atoms with Crippen LogP contribution >= 0.6 is 11.3 Å². The Labute approximate surface area is 121 Å². The molecule has 3 heterocycles. The van der Waals surface area contributed by atoms with Gasteiger partial charge in [-0.25, -0.2) is 9.97 Å². The Morgan fingerprint density at radius 3 is 2.90 bits per heavy atom. The smallest absolute Gasteiger partial charge is 0.141 e. The highest BCUT2D eigenvalue weighted by Gasteiger charge is 2.19. The summed E-state index contributed by atoms with van der Waals surface area (Å²) < 4.78 is 0. The fraction of sp³-hybridized carbons (Fsp3) is 0.250. The summed E-state index contributed by atoms with van der Waals surface area (Å²) in [7, 11) is 0. The number of aryl methyl sites for hydroxylation is 1. The van der Waals surface area contributed by atoms with Crippen molar-refractivity contribution >= 4 is 27.4 Å². The van der Waals surface area contributed by atoms with Gasteiger partial charge in [0.2, 0.25) is 0 Å². The Morgan fingerprint density at radius 2 is 2.00 bits per heavy atom. The highest BCUT2D eigenvalue weighted by molar-refractivity contribution is 7.18. The molecule has 1 aliphatic rings. The predicted molar refractivity (Wildman–Crippen MR) is 83.3 cm³/mol. The van der Waals surface area contributed by atoms with E-state index in [1.807, 2.05) is 0 Å². The Hall–Kier alpha value is -1.94. The summed E-state index contributed by atoms with van der Waals surface area (Å²) in [5.74, 6) is 1.08. The number of aromatic nitrogens is 2. The van der Waals surface area contributed by atoms with Gasteiger partial charge in [-0.2, -0.15) is 0 Å². The van der Waals surface area contributed by atoms with Gasteiger partial charge in [-0.1, -0.05) is 24.3 Å². The molecule has 3 nitrogen and oxygen atoms in total. The molecule has 1 aliphatic heterocycles. The fourth-order valence-corrected chi connectivity index (χ4v) is 3.73. The molecule has 4 rings (SSSR count). The van der Waals surface area contributed by atoms with Gasteiger partial charge in [0.15, 0.2) is 0 Å². The van der Waals surface area contributed by atoms with E-state index in [9.17, 15) is 0 Å². The van der Waals surface area contributed by atoms with Gasteiger partial charge in [-0.05, 0) is 30.5 Å². The number of hydrogen-bond donors (Lipinski definition) is 0. The molecule has 0 N–H and O–H groups in total. The maximum Gasteiger partial charge on any atom is 0.141 e. The summed E-state index contributed by atoms with van der Waals surface area (Å²) in [4.78, 5) is 13.7. The monoisotopic (exact) mass is 281 g/mol. The molecule has 1 aromatic carbocycles. The lowest BCUT2D eigenvalue weighted by molar-refractivity contribution is 0.723. The molecule has 0 saturated carbocycles. The van der Waals surface area contributed by atoms with Gasteiger partial charge in [0.1, 0.15) is 17.0 Å². The van der Waals surface area contributed by atoms with Crippen molar-refractivity contribution in [2.24, 2.45) is 0 Å². The molecule has 0 amide bonds. The fourth-order valence-electron chi connectivity index (χ4n) is 2.89. The number of rotatable bonds is 1. The Bertz CT molecular complexity index is 778. The van der Waals surface area contributed by atoms with Crippen molar-refractivity contribution in [2.75, 3.05) is 11.4 Å². The van der Waals surface area contributed by atoms with Crippen molar-refractivity contribution in [1.29, 1.82) is 0 Å². The molecule has 0 bridgehead atoms. The Balaban J connectivity index is 1.78. The second-order valence-electron chi connectivity index (χ2n) is 5.21. The highest BCUT2D eigenvalue weighted by Crippen LogP contribution is 2.32. The summed E-state index contributed by atoms with van der Waals surface area (Å²) in [5, 5.41) is 1.19. The van der Waals surface area contributed by atoms with Crippen LogP contribution in [0.1, 0.15) is 16.0 Å². The number of nitrogens with zero attached hydrogens (tertiary/aromatic N) is 3. The van der Waals surface area contributed by atoms with Crippen molar-refractivity contribution in [1.82, 2.24) is 9.97 Å². The van der Waals surface area contributed by atoms with Crippen LogP contribution in [-0.2, 0) is 13.0 Å². The van der Waals surface area contributed by atoms with Gasteiger partial charge in [0, 0.05) is 18.0 Å². The lowest BCUT2D eigenvalue weighted by Crippen LogP contribution is -2.31. The van der Waals surface area contributed by atoms with E-state index in [0.29, 0.717) is 0 Å². The van der Waals surface area contributed by atoms with Crippen LogP contribution in [0.4, 0.5) is 5.82 Å². The lowest BCUT2D eigenvalue weighted by atomic mass is 10.00. The number of anilines is 1. The first-order valence-corrected chi connectivity index (χ1v) is 7.66. The van der Waals surface area contributed by atoms with E-state index in [0.717, 1.165) is 30.2 Å². The molecule has 0 aliphatic carbocycles. The van der Waals surface area contributed by atoms with Crippen LogP contribution in [0.25, 0.3) is 10.2 Å². The van der Waals surface area contributed by atoms with Gasteiger partial charge in [-0.15, -0.1) is 11.3 Å². The molecule has 4 heteroatoms. The van der Waals surface area contributed by atoms with Gasteiger partial charge < -0.3 is 4.90 Å².